The number of phenolic OH excluding ortho intramolecular Hbond substituents is 1. The number of nitrogens with one attached hydrogen (secondary N) is 1. The number of hydrogen-bond acceptors (Lipinski definition) is 3. The van der Waals surface area contributed by atoms with Crippen LogP contribution in [0, 0.1) is 6.92 Å². The Morgan fingerprint density at radius 1 is 1.17 bits per heavy atom. The molecule has 0 heterocycles. The quantitative estimate of drug-likeness (QED) is 0.708. The van der Waals surface area contributed by atoms with Crippen molar-refractivity contribution in [3.63, 3.8) is 0 Å². The van der Waals surface area contributed by atoms with Crippen LogP contribution in [0.3, 0.4) is 0 Å². The molecule has 0 unspecified atom stereocenters. The van der Waals surface area contributed by atoms with Gasteiger partial charge in [-0.2, -0.15) is 0 Å². The highest BCUT2D eigenvalue weighted by atomic mass is 16.3. The molecule has 0 aliphatic rings. The molecular formula is C14H14N2O2. The van der Waals surface area contributed by atoms with E-state index in [1.165, 1.54) is 6.07 Å². The fraction of sp³-hybridized carbons (Fsp3) is 0.0714. The van der Waals surface area contributed by atoms with Crippen LogP contribution < -0.4 is 11.1 Å². The predicted octanol–water partition coefficient (Wildman–Crippen LogP) is 2.54. The van der Waals surface area contributed by atoms with E-state index in [1.807, 2.05) is 0 Å². The lowest BCUT2D eigenvalue weighted by Crippen LogP contribution is -2.11. The molecule has 0 atom stereocenters. The highest BCUT2D eigenvalue weighted by Crippen LogP contribution is 2.18. The molecule has 0 saturated carbocycles. The molecule has 0 aliphatic carbocycles. The van der Waals surface area contributed by atoms with Crippen molar-refractivity contribution in [3.05, 3.63) is 53.6 Å². The lowest BCUT2D eigenvalue weighted by Gasteiger charge is -2.07. The predicted molar refractivity (Wildman–Crippen MR) is 71.7 cm³/mol. The third-order valence-electron chi connectivity index (χ3n) is 2.63. The van der Waals surface area contributed by atoms with Crippen LogP contribution in [0.4, 0.5) is 11.4 Å². The number of amides is 1. The van der Waals surface area contributed by atoms with Crippen LogP contribution in [0.2, 0.25) is 0 Å². The van der Waals surface area contributed by atoms with E-state index in [1.54, 1.807) is 43.3 Å². The number of aryl methyl sites for hydroxylation is 1. The second kappa shape index (κ2) is 4.79. The van der Waals surface area contributed by atoms with Gasteiger partial charge in [0.15, 0.2) is 0 Å². The number of aromatic hydroxyl groups is 1. The number of carbonyl (C=O) groups is 1. The van der Waals surface area contributed by atoms with Gasteiger partial charge in [0.25, 0.3) is 5.91 Å². The second-order valence-corrected chi connectivity index (χ2v) is 4.08. The number of nitrogen functional groups attached to an aromatic ring is 1. The lowest BCUT2D eigenvalue weighted by atomic mass is 10.1. The highest BCUT2D eigenvalue weighted by Gasteiger charge is 2.07. The maximum atomic E-state index is 11.9. The van der Waals surface area contributed by atoms with Crippen molar-refractivity contribution >= 4 is 17.3 Å². The lowest BCUT2D eigenvalue weighted by molar-refractivity contribution is 0.102. The smallest absolute Gasteiger partial charge is 0.255 e. The Morgan fingerprint density at radius 2 is 1.83 bits per heavy atom. The molecule has 0 radical (unpaired) electrons. The van der Waals surface area contributed by atoms with Gasteiger partial charge in [-0.05, 0) is 55.0 Å². The van der Waals surface area contributed by atoms with Crippen molar-refractivity contribution in [1.29, 1.82) is 0 Å². The van der Waals surface area contributed by atoms with Gasteiger partial charge in [-0.25, -0.2) is 0 Å². The monoisotopic (exact) mass is 242 g/mol. The molecule has 4 N–H and O–H groups in total. The van der Waals surface area contributed by atoms with Crippen LogP contribution in [-0.4, -0.2) is 11.0 Å². The third-order valence-corrected chi connectivity index (χ3v) is 2.63. The van der Waals surface area contributed by atoms with Crippen LogP contribution in [0.25, 0.3) is 0 Å². The SMILES string of the molecule is Cc1cc(C(=O)Nc2ccc(N)cc2)ccc1O. The third kappa shape index (κ3) is 2.60. The Balaban J connectivity index is 2.16. The van der Waals surface area contributed by atoms with Gasteiger partial charge in [0.2, 0.25) is 0 Å². The molecule has 2 aromatic carbocycles. The molecule has 18 heavy (non-hydrogen) atoms. The minimum atomic E-state index is -0.220. The van der Waals surface area contributed by atoms with Gasteiger partial charge in [-0.3, -0.25) is 4.79 Å². The summed E-state index contributed by atoms with van der Waals surface area (Å²) >= 11 is 0. The summed E-state index contributed by atoms with van der Waals surface area (Å²) in [7, 11) is 0. The van der Waals surface area contributed by atoms with Crippen LogP contribution in [0.15, 0.2) is 42.5 Å². The van der Waals surface area contributed by atoms with Crippen molar-refractivity contribution in [3.8, 4) is 5.75 Å². The highest BCUT2D eigenvalue weighted by molar-refractivity contribution is 6.04. The first-order valence-corrected chi connectivity index (χ1v) is 5.53. The first kappa shape index (κ1) is 12.0. The average Bonchev–Trinajstić information content (AvgIpc) is 2.35. The van der Waals surface area contributed by atoms with Crippen LogP contribution in [0.1, 0.15) is 15.9 Å². The molecule has 0 saturated heterocycles. The summed E-state index contributed by atoms with van der Waals surface area (Å²) in [4.78, 5) is 11.9. The summed E-state index contributed by atoms with van der Waals surface area (Å²) in [6, 6.07) is 11.6. The molecular weight excluding hydrogens is 228 g/mol. The van der Waals surface area contributed by atoms with Crippen LogP contribution in [0.5, 0.6) is 5.75 Å². The number of hydrogen-bond donors (Lipinski definition) is 3. The Bertz CT molecular complexity index is 577. The van der Waals surface area contributed by atoms with Gasteiger partial charge in [0.05, 0.1) is 0 Å². The zero-order valence-electron chi connectivity index (χ0n) is 9.97. The molecule has 0 bridgehead atoms. The first-order chi connectivity index (χ1) is 8.56. The van der Waals surface area contributed by atoms with Crippen molar-refractivity contribution in [2.45, 2.75) is 6.92 Å². The summed E-state index contributed by atoms with van der Waals surface area (Å²) < 4.78 is 0. The second-order valence-electron chi connectivity index (χ2n) is 4.08. The van der Waals surface area contributed by atoms with Crippen molar-refractivity contribution in [2.24, 2.45) is 0 Å². The molecule has 92 valence electrons. The Labute approximate surface area is 105 Å². The van der Waals surface area contributed by atoms with Gasteiger partial charge in [-0.15, -0.1) is 0 Å². The fourth-order valence-electron chi connectivity index (χ4n) is 1.57. The molecule has 0 aliphatic heterocycles. The summed E-state index contributed by atoms with van der Waals surface area (Å²) in [6.45, 7) is 1.75. The summed E-state index contributed by atoms with van der Waals surface area (Å²) in [6.07, 6.45) is 0. The number of carbonyl (C=O) groups excluding carboxylic acids is 1. The van der Waals surface area contributed by atoms with Crippen LogP contribution >= 0.6 is 0 Å². The average molecular weight is 242 g/mol. The molecule has 0 spiro atoms. The van der Waals surface area contributed by atoms with Gasteiger partial charge < -0.3 is 16.2 Å². The van der Waals surface area contributed by atoms with Crippen molar-refractivity contribution in [2.75, 3.05) is 11.1 Å². The van der Waals surface area contributed by atoms with Crippen LogP contribution in [-0.2, 0) is 0 Å². The van der Waals surface area contributed by atoms with E-state index in [-0.39, 0.29) is 11.7 Å². The Hall–Kier alpha value is -2.49. The summed E-state index contributed by atoms with van der Waals surface area (Å²) in [5.74, 6) is -0.0399. The van der Waals surface area contributed by atoms with E-state index in [4.69, 9.17) is 5.73 Å². The standard InChI is InChI=1S/C14H14N2O2/c1-9-8-10(2-7-13(9)17)14(18)16-12-5-3-11(15)4-6-12/h2-8,17H,15H2,1H3,(H,16,18). The largest absolute Gasteiger partial charge is 0.508 e. The van der Waals surface area contributed by atoms with Gasteiger partial charge in [0.1, 0.15) is 5.75 Å². The maximum absolute atomic E-state index is 11.9. The topological polar surface area (TPSA) is 75.4 Å². The number of rotatable bonds is 2. The van der Waals surface area contributed by atoms with E-state index in [0.29, 0.717) is 22.5 Å². The normalized spacial score (nSPS) is 10.1. The van der Waals surface area contributed by atoms with E-state index in [0.717, 1.165) is 0 Å². The zero-order valence-corrected chi connectivity index (χ0v) is 9.97. The van der Waals surface area contributed by atoms with Gasteiger partial charge in [-0.1, -0.05) is 0 Å². The van der Waals surface area contributed by atoms with E-state index in [9.17, 15) is 9.90 Å². The van der Waals surface area contributed by atoms with Crippen molar-refractivity contribution in [1.82, 2.24) is 0 Å². The number of nitrogens with two attached hydrogens (primary N) is 1. The zero-order chi connectivity index (χ0) is 13.1. The van der Waals surface area contributed by atoms with E-state index < -0.39 is 0 Å². The number of anilines is 2. The minimum absolute atomic E-state index is 0.180. The maximum Gasteiger partial charge on any atom is 0.255 e. The van der Waals surface area contributed by atoms with E-state index >= 15 is 0 Å². The van der Waals surface area contributed by atoms with Gasteiger partial charge >= 0.3 is 0 Å². The van der Waals surface area contributed by atoms with Gasteiger partial charge in [0, 0.05) is 16.9 Å². The molecule has 1 amide bonds. The van der Waals surface area contributed by atoms with Crippen molar-refractivity contribution < 1.29 is 9.90 Å². The molecule has 4 heteroatoms. The molecule has 0 fully saturated rings. The number of benzene rings is 2. The first-order valence-electron chi connectivity index (χ1n) is 5.53. The Kier molecular flexibility index (Phi) is 3.19. The minimum Gasteiger partial charge on any atom is -0.508 e. The summed E-state index contributed by atoms with van der Waals surface area (Å²) in [5, 5.41) is 12.2. The molecule has 4 nitrogen and oxygen atoms in total. The molecule has 2 aromatic rings. The Morgan fingerprint density at radius 3 is 2.44 bits per heavy atom. The number of phenols is 1. The van der Waals surface area contributed by atoms with E-state index in [2.05, 4.69) is 5.32 Å². The fourth-order valence-corrected chi connectivity index (χ4v) is 1.57. The molecule has 0 aromatic heterocycles. The molecule has 2 rings (SSSR count). The summed E-state index contributed by atoms with van der Waals surface area (Å²) in [5.41, 5.74) is 8.06.